The monoisotopic (exact) mass is 504 g/mol. The maximum atomic E-state index is 14.4. The van der Waals surface area contributed by atoms with Crippen LogP contribution in [0.2, 0.25) is 0 Å². The van der Waals surface area contributed by atoms with Crippen molar-refractivity contribution in [3.05, 3.63) is 137 Å². The van der Waals surface area contributed by atoms with Crippen LogP contribution >= 0.6 is 0 Å². The van der Waals surface area contributed by atoms with Crippen molar-refractivity contribution >= 4 is 11.6 Å². The van der Waals surface area contributed by atoms with Crippen LogP contribution in [-0.4, -0.2) is 36.3 Å². The Morgan fingerprint density at radius 1 is 0.921 bits per heavy atom. The Labute approximate surface area is 224 Å². The van der Waals surface area contributed by atoms with Gasteiger partial charge in [-0.05, 0) is 41.3 Å². The summed E-state index contributed by atoms with van der Waals surface area (Å²) in [5, 5.41) is 4.38. The lowest BCUT2D eigenvalue weighted by Crippen LogP contribution is -2.40. The van der Waals surface area contributed by atoms with E-state index in [1.165, 1.54) is 5.56 Å². The molecule has 4 aromatic rings. The number of aryl methyl sites for hydroxylation is 1. The van der Waals surface area contributed by atoms with Gasteiger partial charge in [0, 0.05) is 13.0 Å². The van der Waals surface area contributed by atoms with E-state index in [1.54, 1.807) is 7.11 Å². The van der Waals surface area contributed by atoms with Crippen molar-refractivity contribution in [2.75, 3.05) is 13.7 Å². The first-order valence-electron chi connectivity index (χ1n) is 12.9. The number of amides is 1. The molecule has 1 atom stereocenters. The summed E-state index contributed by atoms with van der Waals surface area (Å²) < 4.78 is 5.44. The van der Waals surface area contributed by atoms with Gasteiger partial charge in [-0.25, -0.2) is 0 Å². The van der Waals surface area contributed by atoms with Crippen LogP contribution < -0.4 is 4.74 Å². The van der Waals surface area contributed by atoms with Gasteiger partial charge in [-0.1, -0.05) is 108 Å². The zero-order valence-electron chi connectivity index (χ0n) is 21.8. The molecule has 0 N–H and O–H groups in total. The minimum Gasteiger partial charge on any atom is -0.497 e. The Hall–Kier alpha value is -4.38. The normalized spacial score (nSPS) is 14.6. The smallest absolute Gasteiger partial charge is 0.235 e. The van der Waals surface area contributed by atoms with E-state index in [4.69, 9.17) is 9.57 Å². The number of carbonyl (C=O) groups excluding carboxylic acids is 1. The molecule has 38 heavy (non-hydrogen) atoms. The number of benzene rings is 4. The Morgan fingerprint density at radius 2 is 1.58 bits per heavy atom. The van der Waals surface area contributed by atoms with E-state index >= 15 is 0 Å². The van der Waals surface area contributed by atoms with Crippen molar-refractivity contribution in [1.82, 2.24) is 4.90 Å². The molecule has 1 heterocycles. The van der Waals surface area contributed by atoms with Gasteiger partial charge in [0.05, 0.1) is 25.3 Å². The van der Waals surface area contributed by atoms with Crippen molar-refractivity contribution < 1.29 is 14.4 Å². The summed E-state index contributed by atoms with van der Waals surface area (Å²) >= 11 is 0. The summed E-state index contributed by atoms with van der Waals surface area (Å²) in [5.41, 5.74) is 6.08. The van der Waals surface area contributed by atoms with Crippen LogP contribution in [0.15, 0.2) is 114 Å². The molecule has 0 aliphatic carbocycles. The van der Waals surface area contributed by atoms with E-state index in [0.717, 1.165) is 33.7 Å². The predicted octanol–water partition coefficient (Wildman–Crippen LogP) is 6.36. The molecule has 5 rings (SSSR count). The molecule has 0 spiro atoms. The van der Waals surface area contributed by atoms with Crippen LogP contribution in [0, 0.1) is 6.92 Å². The zero-order valence-corrected chi connectivity index (χ0v) is 21.8. The third-order valence-electron chi connectivity index (χ3n) is 6.87. The second-order valence-corrected chi connectivity index (χ2v) is 9.66. The summed E-state index contributed by atoms with van der Waals surface area (Å²) in [6.07, 6.45) is 0.416. The van der Waals surface area contributed by atoms with E-state index in [0.29, 0.717) is 19.5 Å². The molecule has 0 bridgehead atoms. The highest BCUT2D eigenvalue weighted by molar-refractivity contribution is 6.01. The minimum absolute atomic E-state index is 0.0256. The van der Waals surface area contributed by atoms with Gasteiger partial charge in [-0.15, -0.1) is 0 Å². The van der Waals surface area contributed by atoms with Crippen molar-refractivity contribution in [1.29, 1.82) is 0 Å². The minimum atomic E-state index is -0.429. The van der Waals surface area contributed by atoms with E-state index in [2.05, 4.69) is 36.3 Å². The second-order valence-electron chi connectivity index (χ2n) is 9.66. The molecule has 1 aliphatic rings. The molecule has 0 saturated carbocycles. The fourth-order valence-corrected chi connectivity index (χ4v) is 4.86. The van der Waals surface area contributed by atoms with Crippen LogP contribution in [0.25, 0.3) is 0 Å². The number of ether oxygens (including phenoxy) is 1. The molecular weight excluding hydrogens is 472 g/mol. The van der Waals surface area contributed by atoms with Gasteiger partial charge in [0.25, 0.3) is 0 Å². The van der Waals surface area contributed by atoms with Gasteiger partial charge >= 0.3 is 0 Å². The lowest BCUT2D eigenvalue weighted by atomic mass is 9.89. The predicted molar refractivity (Wildman–Crippen MR) is 150 cm³/mol. The number of hydrogen-bond donors (Lipinski definition) is 0. The molecule has 192 valence electrons. The van der Waals surface area contributed by atoms with Crippen molar-refractivity contribution in [3.63, 3.8) is 0 Å². The molecule has 0 fully saturated rings. The van der Waals surface area contributed by atoms with E-state index in [9.17, 15) is 4.79 Å². The molecule has 5 nitrogen and oxygen atoms in total. The molecule has 1 aliphatic heterocycles. The standard InChI is InChI=1S/C33H32N2O3/c1-24-16-18-26(19-17-24)31-21-30(38-34-31)23-35(22-25-10-9-15-29(20-25)37-2)33(36)32(27-11-5-3-6-12-27)28-13-7-4-8-14-28/h3-20,30,32H,21-23H2,1-2H3. The summed E-state index contributed by atoms with van der Waals surface area (Å²) in [4.78, 5) is 22.2. The highest BCUT2D eigenvalue weighted by atomic mass is 16.6. The van der Waals surface area contributed by atoms with E-state index < -0.39 is 5.92 Å². The highest BCUT2D eigenvalue weighted by Crippen LogP contribution is 2.29. The summed E-state index contributed by atoms with van der Waals surface area (Å²) in [6, 6.07) is 36.1. The van der Waals surface area contributed by atoms with Crippen LogP contribution in [0.1, 0.15) is 40.2 Å². The zero-order chi connectivity index (χ0) is 26.3. The molecule has 4 aromatic carbocycles. The first kappa shape index (κ1) is 25.3. The van der Waals surface area contributed by atoms with Gasteiger partial charge in [0.2, 0.25) is 5.91 Å². The number of rotatable bonds is 9. The highest BCUT2D eigenvalue weighted by Gasteiger charge is 2.32. The average molecular weight is 505 g/mol. The van der Waals surface area contributed by atoms with Crippen LogP contribution in [0.5, 0.6) is 5.75 Å². The molecule has 1 unspecified atom stereocenters. The lowest BCUT2D eigenvalue weighted by Gasteiger charge is -2.29. The number of carbonyl (C=O) groups is 1. The lowest BCUT2D eigenvalue weighted by molar-refractivity contribution is -0.134. The van der Waals surface area contributed by atoms with Crippen molar-refractivity contribution in [3.8, 4) is 5.75 Å². The van der Waals surface area contributed by atoms with E-state index in [1.807, 2.05) is 89.8 Å². The van der Waals surface area contributed by atoms with E-state index in [-0.39, 0.29) is 12.0 Å². The Balaban J connectivity index is 1.43. The van der Waals surface area contributed by atoms with Gasteiger partial charge in [-0.2, -0.15) is 0 Å². The fraction of sp³-hybridized carbons (Fsp3) is 0.212. The Morgan fingerprint density at radius 3 is 2.21 bits per heavy atom. The maximum absolute atomic E-state index is 14.4. The Bertz CT molecular complexity index is 1350. The number of hydrogen-bond acceptors (Lipinski definition) is 4. The summed E-state index contributed by atoms with van der Waals surface area (Å²) in [7, 11) is 1.65. The maximum Gasteiger partial charge on any atom is 0.235 e. The largest absolute Gasteiger partial charge is 0.497 e. The molecular formula is C33H32N2O3. The number of nitrogens with zero attached hydrogens (tertiary/aromatic N) is 2. The molecule has 1 amide bonds. The third kappa shape index (κ3) is 5.94. The summed E-state index contributed by atoms with van der Waals surface area (Å²) in [5.74, 6) is 0.360. The van der Waals surface area contributed by atoms with Crippen molar-refractivity contribution in [2.45, 2.75) is 31.9 Å². The van der Waals surface area contributed by atoms with Gasteiger partial charge in [0.1, 0.15) is 5.75 Å². The molecule has 5 heteroatoms. The van der Waals surface area contributed by atoms with Gasteiger partial charge < -0.3 is 14.5 Å². The SMILES string of the molecule is COc1cccc(CN(CC2CC(c3ccc(C)cc3)=NO2)C(=O)C(c2ccccc2)c2ccccc2)c1. The van der Waals surface area contributed by atoms with Crippen LogP contribution in [0.3, 0.4) is 0 Å². The molecule has 0 saturated heterocycles. The second kappa shape index (κ2) is 11.8. The number of oxime groups is 1. The summed E-state index contributed by atoms with van der Waals surface area (Å²) in [6.45, 7) is 2.93. The number of methoxy groups -OCH3 is 1. The van der Waals surface area contributed by atoms with Crippen LogP contribution in [-0.2, 0) is 16.2 Å². The van der Waals surface area contributed by atoms with Gasteiger partial charge in [-0.3, -0.25) is 4.79 Å². The topological polar surface area (TPSA) is 51.1 Å². The van der Waals surface area contributed by atoms with Gasteiger partial charge in [0.15, 0.2) is 6.10 Å². The molecule has 0 aromatic heterocycles. The Kier molecular flexibility index (Phi) is 7.84. The molecule has 0 radical (unpaired) electrons. The quantitative estimate of drug-likeness (QED) is 0.267. The first-order valence-corrected chi connectivity index (χ1v) is 12.9. The first-order chi connectivity index (χ1) is 18.6. The van der Waals surface area contributed by atoms with Crippen molar-refractivity contribution in [2.24, 2.45) is 5.16 Å². The van der Waals surface area contributed by atoms with Crippen LogP contribution in [0.4, 0.5) is 0 Å². The fourth-order valence-electron chi connectivity index (χ4n) is 4.86. The average Bonchev–Trinajstić information content (AvgIpc) is 3.43. The third-order valence-corrected chi connectivity index (χ3v) is 6.87.